The first-order valence-corrected chi connectivity index (χ1v) is 5.82. The Kier molecular flexibility index (Phi) is 8.53. The Bertz CT molecular complexity index is 264. The van der Waals surface area contributed by atoms with Gasteiger partial charge in [0, 0.05) is 5.57 Å². The summed E-state index contributed by atoms with van der Waals surface area (Å²) in [5.41, 5.74) is -0.680. The largest absolute Gasteiger partial charge is 0.459 e. The monoisotopic (exact) mass is 278 g/mol. The van der Waals surface area contributed by atoms with Crippen LogP contribution in [0.5, 0.6) is 0 Å². The fourth-order valence-electron chi connectivity index (χ4n) is 0.756. The van der Waals surface area contributed by atoms with Gasteiger partial charge in [0.05, 0.1) is 38.4 Å². The lowest BCUT2D eigenvalue weighted by Gasteiger charge is -2.23. The molecule has 0 aromatic rings. The summed E-state index contributed by atoms with van der Waals surface area (Å²) in [5.74, 6) is -0.337. The highest BCUT2D eigenvalue weighted by molar-refractivity contribution is 5.86. The SMILES string of the molecule is C=C(C)C(=O)OCC1CO1.OCC(CO)(CO)CO. The number of ether oxygens (including phenoxy) is 2. The lowest BCUT2D eigenvalue weighted by Crippen LogP contribution is -2.37. The van der Waals surface area contributed by atoms with Gasteiger partial charge in [0.15, 0.2) is 0 Å². The van der Waals surface area contributed by atoms with Crippen LogP contribution in [-0.2, 0) is 14.3 Å². The predicted octanol–water partition coefficient (Wildman–Crippen LogP) is -1.55. The molecule has 7 heteroatoms. The standard InChI is InChI=1S/C7H10O3.C5H12O4/c1-5(2)7(8)10-4-6-3-9-6;6-1-5(2-7,3-8)4-9/h6H,1,3-4H2,2H3;6-9H,1-4H2. The molecule has 1 heterocycles. The van der Waals surface area contributed by atoms with E-state index in [1.54, 1.807) is 6.92 Å². The van der Waals surface area contributed by atoms with Crippen molar-refractivity contribution in [3.63, 3.8) is 0 Å². The van der Waals surface area contributed by atoms with Crippen LogP contribution in [0.1, 0.15) is 6.92 Å². The number of aliphatic hydroxyl groups is 4. The third kappa shape index (κ3) is 7.24. The van der Waals surface area contributed by atoms with Crippen molar-refractivity contribution in [2.24, 2.45) is 5.41 Å². The van der Waals surface area contributed by atoms with Crippen molar-refractivity contribution in [2.75, 3.05) is 39.6 Å². The molecule has 0 aliphatic carbocycles. The van der Waals surface area contributed by atoms with E-state index in [0.717, 1.165) is 0 Å². The highest BCUT2D eigenvalue weighted by atomic mass is 16.6. The third-order valence-electron chi connectivity index (χ3n) is 2.49. The first-order valence-electron chi connectivity index (χ1n) is 5.82. The van der Waals surface area contributed by atoms with Crippen LogP contribution in [0, 0.1) is 5.41 Å². The fraction of sp³-hybridized carbons (Fsp3) is 0.750. The van der Waals surface area contributed by atoms with Crippen molar-refractivity contribution in [2.45, 2.75) is 13.0 Å². The Morgan fingerprint density at radius 2 is 1.68 bits per heavy atom. The van der Waals surface area contributed by atoms with Gasteiger partial charge in [-0.2, -0.15) is 0 Å². The first-order chi connectivity index (χ1) is 8.94. The normalized spacial score (nSPS) is 17.2. The second kappa shape index (κ2) is 9.00. The minimum Gasteiger partial charge on any atom is -0.459 e. The van der Waals surface area contributed by atoms with Gasteiger partial charge in [0.2, 0.25) is 0 Å². The van der Waals surface area contributed by atoms with Gasteiger partial charge < -0.3 is 29.9 Å². The van der Waals surface area contributed by atoms with E-state index < -0.39 is 31.8 Å². The van der Waals surface area contributed by atoms with Crippen LogP contribution in [0.2, 0.25) is 0 Å². The minimum absolute atomic E-state index is 0.142. The van der Waals surface area contributed by atoms with Gasteiger partial charge in [-0.3, -0.25) is 0 Å². The maximum Gasteiger partial charge on any atom is 0.333 e. The average Bonchev–Trinajstić information content (AvgIpc) is 3.24. The zero-order valence-electron chi connectivity index (χ0n) is 11.0. The molecule has 4 N–H and O–H groups in total. The molecular weight excluding hydrogens is 256 g/mol. The molecule has 112 valence electrons. The smallest absolute Gasteiger partial charge is 0.333 e. The maximum atomic E-state index is 10.7. The Morgan fingerprint density at radius 1 is 1.26 bits per heavy atom. The number of aliphatic hydroxyl groups excluding tert-OH is 4. The quantitative estimate of drug-likeness (QED) is 0.253. The van der Waals surface area contributed by atoms with E-state index in [-0.39, 0.29) is 12.1 Å². The van der Waals surface area contributed by atoms with Gasteiger partial charge in [-0.15, -0.1) is 0 Å². The molecule has 1 fully saturated rings. The molecule has 1 aliphatic rings. The van der Waals surface area contributed by atoms with Crippen molar-refractivity contribution < 1.29 is 34.7 Å². The van der Waals surface area contributed by atoms with E-state index in [9.17, 15) is 4.79 Å². The molecule has 1 rings (SSSR count). The van der Waals surface area contributed by atoms with Crippen molar-refractivity contribution in [1.29, 1.82) is 0 Å². The summed E-state index contributed by atoms with van der Waals surface area (Å²) < 4.78 is 9.60. The molecule has 0 amide bonds. The number of epoxide rings is 1. The molecule has 0 spiro atoms. The molecule has 1 aliphatic heterocycles. The van der Waals surface area contributed by atoms with Crippen LogP contribution in [0.25, 0.3) is 0 Å². The Labute approximate surface area is 112 Å². The summed E-state index contributed by atoms with van der Waals surface area (Å²) in [6.07, 6.45) is 0.142. The molecule has 0 bridgehead atoms. The molecular formula is C12H22O7. The van der Waals surface area contributed by atoms with Crippen LogP contribution in [-0.4, -0.2) is 72.1 Å². The van der Waals surface area contributed by atoms with Crippen molar-refractivity contribution in [3.05, 3.63) is 12.2 Å². The number of esters is 1. The number of rotatable bonds is 7. The molecule has 19 heavy (non-hydrogen) atoms. The zero-order valence-corrected chi connectivity index (χ0v) is 11.0. The number of carbonyl (C=O) groups excluding carboxylic acids is 1. The van der Waals surface area contributed by atoms with Gasteiger partial charge >= 0.3 is 5.97 Å². The van der Waals surface area contributed by atoms with Gasteiger partial charge in [0.1, 0.15) is 12.7 Å². The summed E-state index contributed by atoms with van der Waals surface area (Å²) in [5, 5.41) is 34.0. The molecule has 7 nitrogen and oxygen atoms in total. The lowest BCUT2D eigenvalue weighted by molar-refractivity contribution is -0.139. The zero-order chi connectivity index (χ0) is 14.9. The van der Waals surface area contributed by atoms with Crippen LogP contribution in [0.4, 0.5) is 0 Å². The second-order valence-electron chi connectivity index (χ2n) is 4.47. The first kappa shape index (κ1) is 18.0. The summed E-state index contributed by atoms with van der Waals surface area (Å²) in [4.78, 5) is 10.7. The maximum absolute atomic E-state index is 10.7. The topological polar surface area (TPSA) is 120 Å². The van der Waals surface area contributed by atoms with Crippen molar-refractivity contribution >= 4 is 5.97 Å². The summed E-state index contributed by atoms with van der Waals surface area (Å²) in [6.45, 7) is 4.51. The highest BCUT2D eigenvalue weighted by Crippen LogP contribution is 2.12. The van der Waals surface area contributed by atoms with E-state index in [4.69, 9.17) is 29.9 Å². The van der Waals surface area contributed by atoms with Crippen LogP contribution in [0.3, 0.4) is 0 Å². The van der Waals surface area contributed by atoms with E-state index in [2.05, 4.69) is 6.58 Å². The molecule has 1 saturated heterocycles. The van der Waals surface area contributed by atoms with Gasteiger partial charge in [0.25, 0.3) is 0 Å². The molecule has 1 atom stereocenters. The summed E-state index contributed by atoms with van der Waals surface area (Å²) in [7, 11) is 0. The summed E-state index contributed by atoms with van der Waals surface area (Å²) in [6, 6.07) is 0. The molecule has 1 unspecified atom stereocenters. The third-order valence-corrected chi connectivity index (χ3v) is 2.49. The van der Waals surface area contributed by atoms with E-state index in [1.165, 1.54) is 0 Å². The molecule has 0 saturated carbocycles. The lowest BCUT2D eigenvalue weighted by atomic mass is 9.93. The van der Waals surface area contributed by atoms with E-state index in [1.807, 2.05) is 0 Å². The van der Waals surface area contributed by atoms with Crippen LogP contribution in [0.15, 0.2) is 12.2 Å². The van der Waals surface area contributed by atoms with Crippen LogP contribution < -0.4 is 0 Å². The summed E-state index contributed by atoms with van der Waals surface area (Å²) >= 11 is 0. The van der Waals surface area contributed by atoms with Crippen LogP contribution >= 0.6 is 0 Å². The van der Waals surface area contributed by atoms with Crippen molar-refractivity contribution in [1.82, 2.24) is 0 Å². The van der Waals surface area contributed by atoms with E-state index in [0.29, 0.717) is 18.8 Å². The molecule has 0 radical (unpaired) electrons. The van der Waals surface area contributed by atoms with Gasteiger partial charge in [-0.05, 0) is 6.92 Å². The number of carbonyl (C=O) groups is 1. The number of hydrogen-bond donors (Lipinski definition) is 4. The Balaban J connectivity index is 0.000000344. The highest BCUT2D eigenvalue weighted by Gasteiger charge is 2.26. The van der Waals surface area contributed by atoms with Gasteiger partial charge in [-0.25, -0.2) is 4.79 Å². The Morgan fingerprint density at radius 3 is 1.89 bits per heavy atom. The second-order valence-corrected chi connectivity index (χ2v) is 4.47. The fourth-order valence-corrected chi connectivity index (χ4v) is 0.756. The predicted molar refractivity (Wildman–Crippen MR) is 66.3 cm³/mol. The average molecular weight is 278 g/mol. The molecule has 0 aromatic heterocycles. The Hall–Kier alpha value is -0.990. The minimum atomic E-state index is -1.11. The number of hydrogen-bond acceptors (Lipinski definition) is 7. The van der Waals surface area contributed by atoms with E-state index >= 15 is 0 Å². The van der Waals surface area contributed by atoms with Gasteiger partial charge in [-0.1, -0.05) is 6.58 Å². The van der Waals surface area contributed by atoms with Crippen molar-refractivity contribution in [3.8, 4) is 0 Å². The molecule has 0 aromatic carbocycles.